The molecule has 1 fully saturated rings. The molecule has 1 aliphatic carbocycles. The van der Waals surface area contributed by atoms with Gasteiger partial charge in [0.25, 0.3) is 10.0 Å². The Balaban J connectivity index is 2.20. The van der Waals surface area contributed by atoms with E-state index in [0.717, 1.165) is 30.6 Å². The first-order valence-electron chi connectivity index (χ1n) is 6.72. The van der Waals surface area contributed by atoms with E-state index in [1.165, 1.54) is 4.31 Å². The van der Waals surface area contributed by atoms with Gasteiger partial charge < -0.3 is 10.6 Å². The third-order valence-corrected chi connectivity index (χ3v) is 7.98. The highest BCUT2D eigenvalue weighted by molar-refractivity contribution is 7.91. The molecule has 0 aliphatic heterocycles. The summed E-state index contributed by atoms with van der Waals surface area (Å²) in [6.07, 6.45) is 3.21. The predicted molar refractivity (Wildman–Crippen MR) is 90.3 cm³/mol. The number of sulfonamides is 1. The Bertz CT molecular complexity index is 633. The summed E-state index contributed by atoms with van der Waals surface area (Å²) in [6, 6.07) is 3.24. The molecule has 118 valence electrons. The number of hydrogen-bond donors (Lipinski definition) is 1. The summed E-state index contributed by atoms with van der Waals surface area (Å²) in [5.74, 6) is 0. The molecule has 8 heteroatoms. The molecule has 0 unspecified atom stereocenters. The molecule has 0 radical (unpaired) electrons. The zero-order valence-corrected chi connectivity index (χ0v) is 14.9. The molecule has 1 saturated carbocycles. The quantitative estimate of drug-likeness (QED) is 0.790. The van der Waals surface area contributed by atoms with E-state index in [4.69, 9.17) is 18.0 Å². The third kappa shape index (κ3) is 3.14. The van der Waals surface area contributed by atoms with E-state index in [2.05, 4.69) is 4.90 Å². The van der Waals surface area contributed by atoms with Crippen LogP contribution in [0.3, 0.4) is 0 Å². The van der Waals surface area contributed by atoms with Crippen molar-refractivity contribution in [3.8, 4) is 0 Å². The molecule has 1 aliphatic rings. The van der Waals surface area contributed by atoms with Crippen LogP contribution in [0.4, 0.5) is 0 Å². The van der Waals surface area contributed by atoms with Crippen LogP contribution in [-0.2, 0) is 10.0 Å². The first-order valence-corrected chi connectivity index (χ1v) is 9.39. The van der Waals surface area contributed by atoms with Crippen LogP contribution in [-0.4, -0.2) is 55.8 Å². The van der Waals surface area contributed by atoms with Gasteiger partial charge in [0, 0.05) is 19.1 Å². The summed E-state index contributed by atoms with van der Waals surface area (Å²) in [7, 11) is 2.17. The number of nitrogens with two attached hydrogens (primary N) is 1. The topological polar surface area (TPSA) is 66.6 Å². The Hall–Kier alpha value is -0.540. The predicted octanol–water partition coefficient (Wildman–Crippen LogP) is 1.49. The molecule has 0 atom stereocenters. The van der Waals surface area contributed by atoms with Gasteiger partial charge in [-0.2, -0.15) is 4.31 Å². The lowest BCUT2D eigenvalue weighted by Crippen LogP contribution is -2.57. The molecule has 2 rings (SSSR count). The maximum atomic E-state index is 12.6. The average Bonchev–Trinajstić information content (AvgIpc) is 2.82. The van der Waals surface area contributed by atoms with E-state index in [1.54, 1.807) is 19.2 Å². The number of thiophene rings is 1. The second kappa shape index (κ2) is 5.92. The van der Waals surface area contributed by atoms with Crippen molar-refractivity contribution in [3.05, 3.63) is 17.0 Å². The van der Waals surface area contributed by atoms with Gasteiger partial charge in [0.05, 0.1) is 4.88 Å². The van der Waals surface area contributed by atoms with Crippen molar-refractivity contribution in [1.29, 1.82) is 0 Å². The molecule has 21 heavy (non-hydrogen) atoms. The summed E-state index contributed by atoms with van der Waals surface area (Å²) in [4.78, 5) is 2.99. The lowest BCUT2D eigenvalue weighted by molar-refractivity contribution is 0.0455. The molecule has 0 bridgehead atoms. The van der Waals surface area contributed by atoms with Gasteiger partial charge in [-0.3, -0.25) is 0 Å². The number of likely N-dealkylation sites (N-methyl/N-ethyl adjacent to an activating group) is 2. The molecule has 1 heterocycles. The fourth-order valence-corrected chi connectivity index (χ4v) is 5.39. The number of hydrogen-bond acceptors (Lipinski definition) is 5. The normalized spacial score (nSPS) is 18.0. The summed E-state index contributed by atoms with van der Waals surface area (Å²) < 4.78 is 27.0. The van der Waals surface area contributed by atoms with Crippen LogP contribution in [0.2, 0.25) is 0 Å². The van der Waals surface area contributed by atoms with E-state index in [9.17, 15) is 8.42 Å². The molecule has 1 aromatic rings. The Kier molecular flexibility index (Phi) is 4.75. The van der Waals surface area contributed by atoms with E-state index in [-0.39, 0.29) is 10.5 Å². The molecular weight excluding hydrogens is 326 g/mol. The van der Waals surface area contributed by atoms with Crippen LogP contribution < -0.4 is 5.73 Å². The van der Waals surface area contributed by atoms with Gasteiger partial charge in [0.1, 0.15) is 9.20 Å². The number of thiocarbonyl (C=S) groups is 1. The minimum Gasteiger partial charge on any atom is -0.389 e. The third-order valence-electron chi connectivity index (χ3n) is 4.24. The summed E-state index contributed by atoms with van der Waals surface area (Å²) in [5, 5.41) is 0. The average molecular weight is 348 g/mol. The molecule has 0 spiro atoms. The molecule has 0 aromatic carbocycles. The molecule has 1 aromatic heterocycles. The lowest BCUT2D eigenvalue weighted by Gasteiger charge is -2.48. The molecule has 2 N–H and O–H groups in total. The fourth-order valence-electron chi connectivity index (χ4n) is 2.58. The second-order valence-electron chi connectivity index (χ2n) is 5.72. The maximum Gasteiger partial charge on any atom is 0.252 e. The Morgan fingerprint density at radius 1 is 1.38 bits per heavy atom. The SMILES string of the molecule is CN(C)C1(CN(C)S(=O)(=O)c2ccc(C(N)=S)s2)CCC1. The van der Waals surface area contributed by atoms with Gasteiger partial charge in [0.15, 0.2) is 0 Å². The van der Waals surface area contributed by atoms with Crippen LogP contribution in [0.1, 0.15) is 24.1 Å². The smallest absolute Gasteiger partial charge is 0.252 e. The van der Waals surface area contributed by atoms with Gasteiger partial charge in [-0.15, -0.1) is 11.3 Å². The fraction of sp³-hybridized carbons (Fsp3) is 0.615. The second-order valence-corrected chi connectivity index (χ2v) is 9.51. The van der Waals surface area contributed by atoms with Gasteiger partial charge in [0.2, 0.25) is 0 Å². The molecular formula is C13H21N3O2S3. The monoisotopic (exact) mass is 347 g/mol. The Morgan fingerprint density at radius 3 is 2.38 bits per heavy atom. The van der Waals surface area contributed by atoms with Gasteiger partial charge in [-0.05, 0) is 45.5 Å². The van der Waals surface area contributed by atoms with E-state index < -0.39 is 10.0 Å². The van der Waals surface area contributed by atoms with Crippen molar-refractivity contribution in [2.24, 2.45) is 5.73 Å². The number of rotatable bonds is 6. The number of nitrogens with zero attached hydrogens (tertiary/aromatic N) is 2. The Morgan fingerprint density at radius 2 is 2.00 bits per heavy atom. The van der Waals surface area contributed by atoms with Crippen LogP contribution in [0.5, 0.6) is 0 Å². The molecule has 0 saturated heterocycles. The zero-order valence-electron chi connectivity index (χ0n) is 12.5. The summed E-state index contributed by atoms with van der Waals surface area (Å²) in [5.41, 5.74) is 5.51. The van der Waals surface area contributed by atoms with Crippen molar-refractivity contribution < 1.29 is 8.42 Å². The zero-order chi connectivity index (χ0) is 15.8. The van der Waals surface area contributed by atoms with Crippen molar-refractivity contribution >= 4 is 38.6 Å². The lowest BCUT2D eigenvalue weighted by atomic mass is 9.75. The van der Waals surface area contributed by atoms with Crippen molar-refractivity contribution in [1.82, 2.24) is 9.21 Å². The van der Waals surface area contributed by atoms with Crippen LogP contribution >= 0.6 is 23.6 Å². The molecule has 0 amide bonds. The van der Waals surface area contributed by atoms with Crippen molar-refractivity contribution in [2.75, 3.05) is 27.7 Å². The summed E-state index contributed by atoms with van der Waals surface area (Å²) >= 11 is 6.01. The Labute approximate surface area is 135 Å². The van der Waals surface area contributed by atoms with E-state index in [0.29, 0.717) is 15.6 Å². The van der Waals surface area contributed by atoms with E-state index in [1.807, 2.05) is 14.1 Å². The van der Waals surface area contributed by atoms with Crippen LogP contribution in [0, 0.1) is 0 Å². The highest BCUT2D eigenvalue weighted by Crippen LogP contribution is 2.38. The standard InChI is InChI=1S/C13H21N3O2S3/c1-15(2)13(7-4-8-13)9-16(3)21(17,18)11-6-5-10(20-11)12(14)19/h5-6H,4,7-9H2,1-3H3,(H2,14,19). The van der Waals surface area contributed by atoms with Gasteiger partial charge in [-0.25, -0.2) is 8.42 Å². The highest BCUT2D eigenvalue weighted by Gasteiger charge is 2.42. The van der Waals surface area contributed by atoms with E-state index >= 15 is 0 Å². The van der Waals surface area contributed by atoms with Crippen LogP contribution in [0.15, 0.2) is 16.3 Å². The van der Waals surface area contributed by atoms with Crippen molar-refractivity contribution in [3.63, 3.8) is 0 Å². The minimum absolute atomic E-state index is 0.0366. The highest BCUT2D eigenvalue weighted by atomic mass is 32.2. The minimum atomic E-state index is -3.48. The van der Waals surface area contributed by atoms with Crippen molar-refractivity contribution in [2.45, 2.75) is 29.0 Å². The summed E-state index contributed by atoms with van der Waals surface area (Å²) in [6.45, 7) is 0.503. The maximum absolute atomic E-state index is 12.6. The van der Waals surface area contributed by atoms with Crippen LogP contribution in [0.25, 0.3) is 0 Å². The first kappa shape index (κ1) is 16.8. The van der Waals surface area contributed by atoms with Gasteiger partial charge >= 0.3 is 0 Å². The van der Waals surface area contributed by atoms with Gasteiger partial charge in [-0.1, -0.05) is 12.2 Å². The largest absolute Gasteiger partial charge is 0.389 e. The first-order chi connectivity index (χ1) is 9.69. The molecule has 5 nitrogen and oxygen atoms in total.